The highest BCUT2D eigenvalue weighted by Crippen LogP contribution is 2.28. The van der Waals surface area contributed by atoms with Crippen LogP contribution in [0.1, 0.15) is 29.5 Å². The number of fused-ring (bicyclic) bond motifs is 1. The number of benzene rings is 1. The summed E-state index contributed by atoms with van der Waals surface area (Å²) in [6, 6.07) is 11.4. The largest absolute Gasteiger partial charge is 0.462 e. The fraction of sp³-hybridized carbons (Fsp3) is 0.346. The Kier molecular flexibility index (Phi) is 7.70. The number of carbonyl (C=O) groups is 1. The third-order valence-corrected chi connectivity index (χ3v) is 6.21. The van der Waals surface area contributed by atoms with E-state index in [4.69, 9.17) is 21.3 Å². The van der Waals surface area contributed by atoms with Gasteiger partial charge in [0.25, 0.3) is 0 Å². The van der Waals surface area contributed by atoms with Gasteiger partial charge in [0, 0.05) is 57.1 Å². The number of nitrogens with zero attached hydrogens (tertiary/aromatic N) is 5. The molecular weight excluding hydrogens is 469 g/mol. The fourth-order valence-corrected chi connectivity index (χ4v) is 4.40. The molecule has 9 heteroatoms. The molecular formula is C26H29ClFN5O2. The van der Waals surface area contributed by atoms with E-state index in [2.05, 4.69) is 21.4 Å². The third kappa shape index (κ3) is 5.65. The maximum atomic E-state index is 13.9. The summed E-state index contributed by atoms with van der Waals surface area (Å²) in [5.41, 5.74) is 2.23. The summed E-state index contributed by atoms with van der Waals surface area (Å²) in [5, 5.41) is 0. The van der Waals surface area contributed by atoms with Crippen molar-refractivity contribution in [3.8, 4) is 0 Å². The van der Waals surface area contributed by atoms with Crippen LogP contribution in [0.25, 0.3) is 16.6 Å². The predicted molar refractivity (Wildman–Crippen MR) is 137 cm³/mol. The molecule has 1 unspecified atom stereocenters. The molecule has 0 N–H and O–H groups in total. The molecule has 1 aromatic carbocycles. The van der Waals surface area contributed by atoms with Crippen LogP contribution in [0.3, 0.4) is 0 Å². The zero-order valence-electron chi connectivity index (χ0n) is 20.0. The third-order valence-electron chi connectivity index (χ3n) is 6.06. The van der Waals surface area contributed by atoms with Gasteiger partial charge in [0.1, 0.15) is 11.6 Å². The number of imidazole rings is 1. The first-order valence-electron chi connectivity index (χ1n) is 11.6. The number of aromatic nitrogens is 3. The van der Waals surface area contributed by atoms with E-state index in [1.807, 2.05) is 48.0 Å². The van der Waals surface area contributed by atoms with Gasteiger partial charge in [-0.2, -0.15) is 0 Å². The SMILES string of the molecule is C=C(/C=C(\CC(F)Cl)c1nc2ccccc2n1C)N1CCN(c2ccc(C(=O)OCC)cn2)CC1. The summed E-state index contributed by atoms with van der Waals surface area (Å²) in [6.45, 7) is 9.28. The van der Waals surface area contributed by atoms with Gasteiger partial charge in [-0.15, -0.1) is 0 Å². The molecule has 1 aliphatic heterocycles. The molecule has 0 aliphatic carbocycles. The van der Waals surface area contributed by atoms with Crippen LogP contribution in [-0.4, -0.2) is 63.8 Å². The Morgan fingerprint density at radius 1 is 1.23 bits per heavy atom. The number of hydrogen-bond acceptors (Lipinski definition) is 6. The number of esters is 1. The first kappa shape index (κ1) is 24.7. The number of rotatable bonds is 8. The number of anilines is 1. The number of carbonyl (C=O) groups excluding carboxylic acids is 1. The minimum atomic E-state index is -1.52. The molecule has 0 bridgehead atoms. The Morgan fingerprint density at radius 3 is 2.60 bits per heavy atom. The summed E-state index contributed by atoms with van der Waals surface area (Å²) in [7, 11) is 1.92. The zero-order valence-corrected chi connectivity index (χ0v) is 20.7. The number of ether oxygens (including phenoxy) is 1. The molecule has 1 fully saturated rings. The van der Waals surface area contributed by atoms with E-state index in [0.717, 1.165) is 48.7 Å². The fourth-order valence-electron chi connectivity index (χ4n) is 4.24. The van der Waals surface area contributed by atoms with E-state index in [9.17, 15) is 9.18 Å². The van der Waals surface area contributed by atoms with Crippen molar-refractivity contribution >= 4 is 40.0 Å². The van der Waals surface area contributed by atoms with E-state index < -0.39 is 5.63 Å². The van der Waals surface area contributed by atoms with Crippen LogP contribution in [0.2, 0.25) is 0 Å². The topological polar surface area (TPSA) is 63.5 Å². The number of allylic oxidation sites excluding steroid dienone is 2. The van der Waals surface area contributed by atoms with Gasteiger partial charge in [-0.1, -0.05) is 30.3 Å². The summed E-state index contributed by atoms with van der Waals surface area (Å²) in [6.07, 6.45) is 3.47. The quantitative estimate of drug-likeness (QED) is 0.253. The van der Waals surface area contributed by atoms with E-state index in [1.54, 1.807) is 19.2 Å². The number of halogens is 2. The molecule has 7 nitrogen and oxygen atoms in total. The van der Waals surface area contributed by atoms with E-state index in [-0.39, 0.29) is 12.4 Å². The van der Waals surface area contributed by atoms with Crippen molar-refractivity contribution < 1.29 is 13.9 Å². The number of alkyl halides is 2. The van der Waals surface area contributed by atoms with Crippen LogP contribution >= 0.6 is 11.6 Å². The Balaban J connectivity index is 1.45. The molecule has 35 heavy (non-hydrogen) atoms. The minimum absolute atomic E-state index is 0.0361. The highest BCUT2D eigenvalue weighted by molar-refractivity contribution is 6.20. The van der Waals surface area contributed by atoms with Gasteiger partial charge >= 0.3 is 5.97 Å². The Hall–Kier alpha value is -3.39. The molecule has 0 saturated carbocycles. The van der Waals surface area contributed by atoms with Crippen molar-refractivity contribution in [2.45, 2.75) is 19.0 Å². The average molecular weight is 498 g/mol. The van der Waals surface area contributed by atoms with E-state index >= 15 is 0 Å². The summed E-state index contributed by atoms with van der Waals surface area (Å²) in [5.74, 6) is 1.12. The van der Waals surface area contributed by atoms with Crippen molar-refractivity contribution in [2.24, 2.45) is 7.05 Å². The molecule has 1 saturated heterocycles. The number of piperazine rings is 1. The molecule has 0 radical (unpaired) electrons. The molecule has 2 aromatic heterocycles. The lowest BCUT2D eigenvalue weighted by atomic mass is 10.1. The van der Waals surface area contributed by atoms with Gasteiger partial charge in [0.05, 0.1) is 23.2 Å². The van der Waals surface area contributed by atoms with Gasteiger partial charge in [-0.25, -0.2) is 19.2 Å². The highest BCUT2D eigenvalue weighted by atomic mass is 35.5. The first-order valence-corrected chi connectivity index (χ1v) is 12.0. The zero-order chi connectivity index (χ0) is 24.9. The average Bonchev–Trinajstić information content (AvgIpc) is 3.20. The molecule has 0 amide bonds. The molecule has 3 heterocycles. The predicted octanol–water partition coefficient (Wildman–Crippen LogP) is 4.79. The lowest BCUT2D eigenvalue weighted by Crippen LogP contribution is -2.45. The maximum Gasteiger partial charge on any atom is 0.339 e. The number of pyridine rings is 1. The Labute approximate surface area is 209 Å². The van der Waals surface area contributed by atoms with Crippen LogP contribution in [0.4, 0.5) is 10.2 Å². The van der Waals surface area contributed by atoms with Crippen LogP contribution in [0, 0.1) is 0 Å². The highest BCUT2D eigenvalue weighted by Gasteiger charge is 2.21. The van der Waals surface area contributed by atoms with Crippen LogP contribution < -0.4 is 4.90 Å². The summed E-state index contributed by atoms with van der Waals surface area (Å²) >= 11 is 5.75. The van der Waals surface area contributed by atoms with Crippen molar-refractivity contribution in [2.75, 3.05) is 37.7 Å². The Morgan fingerprint density at radius 2 is 1.97 bits per heavy atom. The molecule has 3 aromatic rings. The lowest BCUT2D eigenvalue weighted by molar-refractivity contribution is 0.0526. The van der Waals surface area contributed by atoms with Crippen LogP contribution in [0.15, 0.2) is 60.9 Å². The number of hydrogen-bond donors (Lipinski definition) is 0. The summed E-state index contributed by atoms with van der Waals surface area (Å²) < 4.78 is 20.8. The second-order valence-corrected chi connectivity index (χ2v) is 8.81. The second-order valence-electron chi connectivity index (χ2n) is 8.34. The maximum absolute atomic E-state index is 13.9. The number of para-hydroxylation sites is 2. The van der Waals surface area contributed by atoms with Crippen LogP contribution in [-0.2, 0) is 11.8 Å². The molecule has 1 atom stereocenters. The van der Waals surface area contributed by atoms with Gasteiger partial charge < -0.3 is 19.1 Å². The van der Waals surface area contributed by atoms with Crippen molar-refractivity contribution in [3.05, 3.63) is 72.3 Å². The van der Waals surface area contributed by atoms with Crippen molar-refractivity contribution in [3.63, 3.8) is 0 Å². The van der Waals surface area contributed by atoms with Gasteiger partial charge in [-0.3, -0.25) is 0 Å². The van der Waals surface area contributed by atoms with Gasteiger partial charge in [0.15, 0.2) is 5.63 Å². The van der Waals surface area contributed by atoms with E-state index in [0.29, 0.717) is 23.6 Å². The standard InChI is InChI=1S/C26H29ClFN5O2/c1-4-35-26(34)19-9-10-24(29-17-19)33-13-11-32(12-14-33)18(2)15-20(16-23(27)28)25-30-21-7-5-6-8-22(21)31(25)3/h5-10,15,17,23H,2,4,11-14,16H2,1,3H3/b20-15+. The normalized spacial score (nSPS) is 15.4. The van der Waals surface area contributed by atoms with Crippen molar-refractivity contribution in [1.82, 2.24) is 19.4 Å². The number of aryl methyl sites for hydroxylation is 1. The smallest absolute Gasteiger partial charge is 0.339 e. The first-order chi connectivity index (χ1) is 16.9. The Bertz CT molecular complexity index is 1230. The van der Waals surface area contributed by atoms with Crippen molar-refractivity contribution in [1.29, 1.82) is 0 Å². The lowest BCUT2D eigenvalue weighted by Gasteiger charge is -2.37. The van der Waals surface area contributed by atoms with Crippen LogP contribution in [0.5, 0.6) is 0 Å². The molecule has 0 spiro atoms. The second kappa shape index (κ2) is 10.9. The summed E-state index contributed by atoms with van der Waals surface area (Å²) in [4.78, 5) is 25.3. The molecule has 1 aliphatic rings. The van der Waals surface area contributed by atoms with Gasteiger partial charge in [-0.05, 0) is 37.3 Å². The van der Waals surface area contributed by atoms with E-state index in [1.165, 1.54) is 0 Å². The molecule has 184 valence electrons. The monoisotopic (exact) mass is 497 g/mol. The minimum Gasteiger partial charge on any atom is -0.462 e. The molecule has 4 rings (SSSR count). The van der Waals surface area contributed by atoms with Gasteiger partial charge in [0.2, 0.25) is 0 Å².